The van der Waals surface area contributed by atoms with Crippen LogP contribution in [-0.2, 0) is 4.74 Å². The summed E-state index contributed by atoms with van der Waals surface area (Å²) in [6.07, 6.45) is 8.58. The van der Waals surface area contributed by atoms with E-state index in [9.17, 15) is 39.5 Å². The van der Waals surface area contributed by atoms with Crippen LogP contribution >= 0.6 is 0 Å². The number of alkyl halides is 9. The summed E-state index contributed by atoms with van der Waals surface area (Å²) < 4.78 is 124. The molecule has 0 amide bonds. The number of unbranched alkanes of at least 4 members (excludes halogenated alkanes) is 5. The lowest BCUT2D eigenvalue weighted by atomic mass is 9.76. The van der Waals surface area contributed by atoms with Gasteiger partial charge in [0.2, 0.25) is 0 Å². The summed E-state index contributed by atoms with van der Waals surface area (Å²) in [6, 6.07) is 0. The molecule has 0 saturated heterocycles. The summed E-state index contributed by atoms with van der Waals surface area (Å²) in [7, 11) is 0. The van der Waals surface area contributed by atoms with Gasteiger partial charge in [-0.15, -0.1) is 0 Å². The Balaban J connectivity index is 1.83. The molecule has 204 valence electrons. The number of hydrogen-bond donors (Lipinski definition) is 0. The molecule has 0 bridgehead atoms. The molecule has 1 atom stereocenters. The fraction of sp³-hybridized carbons (Fsp3) is 0.840. The highest BCUT2D eigenvalue weighted by Gasteiger charge is 2.81. The molecule has 0 radical (unpaired) electrons. The highest BCUT2D eigenvalue weighted by Crippen LogP contribution is 2.53. The van der Waals surface area contributed by atoms with Gasteiger partial charge in [-0.05, 0) is 49.5 Å². The van der Waals surface area contributed by atoms with Crippen molar-refractivity contribution < 1.29 is 44.3 Å². The van der Waals surface area contributed by atoms with Crippen molar-refractivity contribution >= 4 is 0 Å². The van der Waals surface area contributed by atoms with Crippen molar-refractivity contribution in [2.45, 2.75) is 114 Å². The second-order valence-corrected chi connectivity index (χ2v) is 9.73. The monoisotopic (exact) mass is 522 g/mol. The lowest BCUT2D eigenvalue weighted by Gasteiger charge is -2.36. The van der Waals surface area contributed by atoms with Crippen LogP contribution in [0.2, 0.25) is 0 Å². The van der Waals surface area contributed by atoms with Crippen LogP contribution in [0.3, 0.4) is 0 Å². The number of hydrogen-bond acceptors (Lipinski definition) is 1. The quantitative estimate of drug-likeness (QED) is 0.163. The highest BCUT2D eigenvalue weighted by molar-refractivity contribution is 5.27. The zero-order valence-electron chi connectivity index (χ0n) is 20.0. The fourth-order valence-corrected chi connectivity index (χ4v) is 4.77. The molecule has 10 heteroatoms. The molecule has 1 unspecified atom stereocenters. The predicted molar refractivity (Wildman–Crippen MR) is 116 cm³/mol. The third-order valence-electron chi connectivity index (χ3n) is 7.06. The van der Waals surface area contributed by atoms with E-state index < -0.39 is 36.7 Å². The Morgan fingerprint density at radius 2 is 1.43 bits per heavy atom. The smallest absolute Gasteiger partial charge is 0.308 e. The van der Waals surface area contributed by atoms with Gasteiger partial charge in [0.05, 0.1) is 6.10 Å². The van der Waals surface area contributed by atoms with Crippen LogP contribution in [0.15, 0.2) is 23.8 Å². The van der Waals surface area contributed by atoms with Crippen LogP contribution < -0.4 is 0 Å². The minimum absolute atomic E-state index is 0.183. The molecule has 1 nitrogen and oxygen atoms in total. The van der Waals surface area contributed by atoms with Crippen molar-refractivity contribution in [1.82, 2.24) is 0 Å². The molecule has 0 N–H and O–H groups in total. The van der Waals surface area contributed by atoms with Crippen molar-refractivity contribution in [2.24, 2.45) is 11.8 Å². The van der Waals surface area contributed by atoms with Gasteiger partial charge in [0, 0.05) is 0 Å². The van der Waals surface area contributed by atoms with E-state index in [0.717, 1.165) is 37.3 Å². The molecule has 0 aromatic carbocycles. The van der Waals surface area contributed by atoms with E-state index in [0.29, 0.717) is 5.92 Å². The maximum absolute atomic E-state index is 13.9. The maximum Gasteiger partial charge on any atom is 0.426 e. The Morgan fingerprint density at radius 3 is 1.97 bits per heavy atom. The van der Waals surface area contributed by atoms with Gasteiger partial charge >= 0.3 is 23.9 Å². The normalized spacial score (nSPS) is 24.5. The van der Waals surface area contributed by atoms with Gasteiger partial charge in [-0.3, -0.25) is 0 Å². The fourth-order valence-electron chi connectivity index (χ4n) is 4.77. The van der Waals surface area contributed by atoms with Gasteiger partial charge in [-0.2, -0.15) is 35.1 Å². The minimum Gasteiger partial charge on any atom is -0.308 e. The summed E-state index contributed by atoms with van der Waals surface area (Å²) in [4.78, 5) is 0. The van der Waals surface area contributed by atoms with Gasteiger partial charge in [0.1, 0.15) is 0 Å². The first-order valence-corrected chi connectivity index (χ1v) is 12.4. The Morgan fingerprint density at radius 1 is 0.829 bits per heavy atom. The van der Waals surface area contributed by atoms with Crippen LogP contribution in [0.5, 0.6) is 0 Å². The van der Waals surface area contributed by atoms with E-state index in [2.05, 4.69) is 11.7 Å². The van der Waals surface area contributed by atoms with E-state index in [1.54, 1.807) is 0 Å². The van der Waals surface area contributed by atoms with Crippen LogP contribution in [0.1, 0.15) is 84.0 Å². The largest absolute Gasteiger partial charge is 0.426 e. The third-order valence-corrected chi connectivity index (χ3v) is 7.06. The molecule has 0 aliphatic heterocycles. The van der Waals surface area contributed by atoms with E-state index in [1.807, 2.05) is 0 Å². The molecule has 0 aromatic heterocycles. The van der Waals surface area contributed by atoms with Crippen LogP contribution in [0.4, 0.5) is 39.5 Å². The summed E-state index contributed by atoms with van der Waals surface area (Å²) in [5.41, 5.74) is 0.840. The molecular formula is C25H35F9O. The van der Waals surface area contributed by atoms with Crippen LogP contribution in [0.25, 0.3) is 0 Å². The Kier molecular flexibility index (Phi) is 10.6. The molecular weight excluding hydrogens is 487 g/mol. The van der Waals surface area contributed by atoms with E-state index in [-0.39, 0.29) is 12.3 Å². The molecule has 2 aliphatic rings. The lowest BCUT2D eigenvalue weighted by molar-refractivity contribution is -0.432. The van der Waals surface area contributed by atoms with E-state index in [1.165, 1.54) is 57.1 Å². The van der Waals surface area contributed by atoms with E-state index in [4.69, 9.17) is 0 Å². The van der Waals surface area contributed by atoms with Crippen molar-refractivity contribution in [3.05, 3.63) is 23.8 Å². The van der Waals surface area contributed by atoms with Crippen molar-refractivity contribution in [2.75, 3.05) is 6.67 Å². The molecule has 0 heterocycles. The maximum atomic E-state index is 13.9. The average molecular weight is 523 g/mol. The van der Waals surface area contributed by atoms with Gasteiger partial charge in [-0.25, -0.2) is 4.39 Å². The third kappa shape index (κ3) is 7.19. The summed E-state index contributed by atoms with van der Waals surface area (Å²) >= 11 is 0. The number of halogens is 9. The van der Waals surface area contributed by atoms with Gasteiger partial charge in [0.15, 0.2) is 6.67 Å². The van der Waals surface area contributed by atoms with Crippen molar-refractivity contribution in [3.8, 4) is 0 Å². The topological polar surface area (TPSA) is 9.23 Å². The zero-order chi connectivity index (χ0) is 26.3. The van der Waals surface area contributed by atoms with Gasteiger partial charge in [-0.1, -0.05) is 70.1 Å². The standard InChI is InChI=1S/C25H35F9O/c1-2-3-4-5-6-7-8-18-9-11-19(12-10-18)20-13-15-21(16-14-20)35-25(33,34)24(31,32)23(29,30)22(27,28)17-26/h13-15,18-19,21H,2-12,16-17H2,1H3/t18-,19-,21?. The van der Waals surface area contributed by atoms with Gasteiger partial charge < -0.3 is 4.74 Å². The second kappa shape index (κ2) is 12.4. The molecule has 2 aliphatic carbocycles. The Hall–Kier alpha value is -1.19. The van der Waals surface area contributed by atoms with Crippen LogP contribution in [-0.4, -0.2) is 36.7 Å². The molecule has 0 aromatic rings. The van der Waals surface area contributed by atoms with Crippen molar-refractivity contribution in [1.29, 1.82) is 0 Å². The molecule has 35 heavy (non-hydrogen) atoms. The predicted octanol–water partition coefficient (Wildman–Crippen LogP) is 9.28. The van der Waals surface area contributed by atoms with Crippen molar-refractivity contribution in [3.63, 3.8) is 0 Å². The Labute approximate surface area is 201 Å². The Bertz CT molecular complexity index is 710. The molecule has 0 spiro atoms. The second-order valence-electron chi connectivity index (χ2n) is 9.73. The van der Waals surface area contributed by atoms with Crippen LogP contribution in [0, 0.1) is 11.8 Å². The first-order valence-electron chi connectivity index (χ1n) is 12.4. The summed E-state index contributed by atoms with van der Waals surface area (Å²) in [6.45, 7) is -1.04. The lowest BCUT2D eigenvalue weighted by Crippen LogP contribution is -2.64. The van der Waals surface area contributed by atoms with E-state index >= 15 is 0 Å². The summed E-state index contributed by atoms with van der Waals surface area (Å²) in [5, 5.41) is 0. The summed E-state index contributed by atoms with van der Waals surface area (Å²) in [5.74, 6) is -18.4. The first-order chi connectivity index (χ1) is 16.3. The van der Waals surface area contributed by atoms with Gasteiger partial charge in [0.25, 0.3) is 0 Å². The minimum atomic E-state index is -6.65. The first kappa shape index (κ1) is 30.0. The molecule has 1 saturated carbocycles. The number of allylic oxidation sites excluding steroid dienone is 2. The molecule has 2 rings (SSSR count). The average Bonchev–Trinajstić information content (AvgIpc) is 2.81. The highest BCUT2D eigenvalue weighted by atomic mass is 19.4. The SMILES string of the molecule is CCCCCCCC[C@H]1CC[C@H](C2=CCC(OC(F)(F)C(F)(F)C(F)(F)C(F)(F)CF)C=C2)CC1. The molecule has 1 fully saturated rings. The number of rotatable bonds is 14. The number of ether oxygens (including phenoxy) is 1. The zero-order valence-corrected chi connectivity index (χ0v) is 20.0.